The molecule has 0 saturated carbocycles. The number of hydrogen-bond acceptors (Lipinski definition) is 2. The summed E-state index contributed by atoms with van der Waals surface area (Å²) in [7, 11) is 0. The van der Waals surface area contributed by atoms with Crippen LogP contribution in [0, 0.1) is 0 Å². The molecule has 0 aliphatic carbocycles. The Labute approximate surface area is 221 Å². The fourth-order valence-corrected chi connectivity index (χ4v) is 4.91. The average Bonchev–Trinajstić information content (AvgIpc) is 2.91. The number of carboxylic acids is 1. The molecule has 0 unspecified atom stereocenters. The molecule has 0 bridgehead atoms. The molecule has 196 valence electrons. The summed E-state index contributed by atoms with van der Waals surface area (Å²) < 4.78 is 40.8. The van der Waals surface area contributed by atoms with E-state index in [0.717, 1.165) is 22.8 Å². The van der Waals surface area contributed by atoms with Crippen LogP contribution in [0.4, 0.5) is 13.2 Å². The Morgan fingerprint density at radius 1 is 0.789 bits per heavy atom. The standard InChI is InChI=1S/C32H30F3NO2/c1-23(26-14-6-3-7-15-26)36(22-24-11-4-2-5-12-24)30(21-31(37)38)28-17-10-13-25(20-28)19-27-16-8-9-18-29(27)32(33,34)35/h2-18,20,23,30H,19,21-22H2,1H3,(H,37,38)/t23-,30+/m1/s1. The predicted molar refractivity (Wildman–Crippen MR) is 143 cm³/mol. The maximum absolute atomic E-state index is 13.6. The quantitative estimate of drug-likeness (QED) is 0.231. The second-order valence-electron chi connectivity index (χ2n) is 9.43. The van der Waals surface area contributed by atoms with Crippen LogP contribution in [-0.4, -0.2) is 16.0 Å². The molecule has 0 spiro atoms. The first kappa shape index (κ1) is 27.1. The van der Waals surface area contributed by atoms with Gasteiger partial charge in [0.1, 0.15) is 0 Å². The summed E-state index contributed by atoms with van der Waals surface area (Å²) >= 11 is 0. The normalized spacial score (nSPS) is 13.3. The first-order valence-electron chi connectivity index (χ1n) is 12.5. The van der Waals surface area contributed by atoms with Crippen molar-refractivity contribution in [3.8, 4) is 0 Å². The van der Waals surface area contributed by atoms with E-state index in [1.54, 1.807) is 18.2 Å². The van der Waals surface area contributed by atoms with Gasteiger partial charge in [0.05, 0.1) is 12.0 Å². The van der Waals surface area contributed by atoms with Crippen LogP contribution in [0.25, 0.3) is 0 Å². The van der Waals surface area contributed by atoms with Gasteiger partial charge in [0.15, 0.2) is 0 Å². The molecule has 0 aliphatic rings. The number of rotatable bonds is 10. The number of carbonyl (C=O) groups is 1. The number of aliphatic carboxylic acids is 1. The van der Waals surface area contributed by atoms with E-state index in [1.807, 2.05) is 72.8 Å². The van der Waals surface area contributed by atoms with Crippen LogP contribution in [0.1, 0.15) is 58.8 Å². The highest BCUT2D eigenvalue weighted by atomic mass is 19.4. The molecule has 4 rings (SSSR count). The SMILES string of the molecule is C[C@H](c1ccccc1)N(Cc1ccccc1)[C@@H](CC(=O)O)c1cccc(Cc2ccccc2C(F)(F)F)c1. The first-order valence-corrected chi connectivity index (χ1v) is 12.5. The third-order valence-electron chi connectivity index (χ3n) is 6.81. The Morgan fingerprint density at radius 3 is 2.03 bits per heavy atom. The Balaban J connectivity index is 1.73. The van der Waals surface area contributed by atoms with Crippen molar-refractivity contribution in [2.45, 2.75) is 44.6 Å². The van der Waals surface area contributed by atoms with Gasteiger partial charge < -0.3 is 5.11 Å². The molecular formula is C32H30F3NO2. The number of halogens is 3. The van der Waals surface area contributed by atoms with E-state index in [9.17, 15) is 23.1 Å². The average molecular weight is 518 g/mol. The minimum absolute atomic E-state index is 0.0935. The van der Waals surface area contributed by atoms with Gasteiger partial charge in [-0.1, -0.05) is 103 Å². The lowest BCUT2D eigenvalue weighted by atomic mass is 9.93. The van der Waals surface area contributed by atoms with Crippen molar-refractivity contribution in [3.63, 3.8) is 0 Å². The lowest BCUT2D eigenvalue weighted by Gasteiger charge is -2.37. The highest BCUT2D eigenvalue weighted by molar-refractivity contribution is 5.68. The summed E-state index contributed by atoms with van der Waals surface area (Å²) in [5.41, 5.74) is 3.08. The molecule has 0 aromatic heterocycles. The van der Waals surface area contributed by atoms with Crippen molar-refractivity contribution < 1.29 is 23.1 Å². The summed E-state index contributed by atoms with van der Waals surface area (Å²) in [5.74, 6) is -0.943. The number of hydrogen-bond donors (Lipinski definition) is 1. The van der Waals surface area contributed by atoms with Crippen LogP contribution in [0.2, 0.25) is 0 Å². The van der Waals surface area contributed by atoms with Crippen LogP contribution in [-0.2, 0) is 23.9 Å². The predicted octanol–water partition coefficient (Wildman–Crippen LogP) is 8.08. The summed E-state index contributed by atoms with van der Waals surface area (Å²) in [6.07, 6.45) is -4.50. The van der Waals surface area contributed by atoms with E-state index < -0.39 is 23.8 Å². The summed E-state index contributed by atoms with van der Waals surface area (Å²) in [5, 5.41) is 9.89. The smallest absolute Gasteiger partial charge is 0.416 e. The lowest BCUT2D eigenvalue weighted by Crippen LogP contribution is -2.32. The van der Waals surface area contributed by atoms with Crippen LogP contribution >= 0.6 is 0 Å². The molecular weight excluding hydrogens is 487 g/mol. The van der Waals surface area contributed by atoms with Gasteiger partial charge in [-0.05, 0) is 47.2 Å². The zero-order chi connectivity index (χ0) is 27.1. The molecule has 2 atom stereocenters. The molecule has 6 heteroatoms. The van der Waals surface area contributed by atoms with E-state index in [0.29, 0.717) is 12.1 Å². The van der Waals surface area contributed by atoms with Crippen molar-refractivity contribution in [3.05, 3.63) is 143 Å². The van der Waals surface area contributed by atoms with Gasteiger partial charge in [-0.15, -0.1) is 0 Å². The van der Waals surface area contributed by atoms with Crippen molar-refractivity contribution in [2.24, 2.45) is 0 Å². The van der Waals surface area contributed by atoms with E-state index in [1.165, 1.54) is 12.1 Å². The van der Waals surface area contributed by atoms with Gasteiger partial charge in [0, 0.05) is 18.6 Å². The third kappa shape index (κ3) is 6.90. The highest BCUT2D eigenvalue weighted by Gasteiger charge is 2.33. The van der Waals surface area contributed by atoms with E-state index in [-0.39, 0.29) is 24.4 Å². The largest absolute Gasteiger partial charge is 0.481 e. The van der Waals surface area contributed by atoms with E-state index in [2.05, 4.69) is 11.8 Å². The number of alkyl halides is 3. The highest BCUT2D eigenvalue weighted by Crippen LogP contribution is 2.36. The molecule has 0 saturated heterocycles. The fourth-order valence-electron chi connectivity index (χ4n) is 4.91. The topological polar surface area (TPSA) is 40.5 Å². The second kappa shape index (κ2) is 12.1. The van der Waals surface area contributed by atoms with Gasteiger partial charge >= 0.3 is 12.1 Å². The van der Waals surface area contributed by atoms with Gasteiger partial charge in [-0.2, -0.15) is 13.2 Å². The first-order chi connectivity index (χ1) is 18.2. The summed E-state index contributed by atoms with van der Waals surface area (Å²) in [4.78, 5) is 14.2. The van der Waals surface area contributed by atoms with Crippen LogP contribution < -0.4 is 0 Å². The van der Waals surface area contributed by atoms with Crippen LogP contribution in [0.5, 0.6) is 0 Å². The molecule has 38 heavy (non-hydrogen) atoms. The van der Waals surface area contributed by atoms with Crippen molar-refractivity contribution in [1.82, 2.24) is 4.90 Å². The van der Waals surface area contributed by atoms with Gasteiger partial charge in [0.2, 0.25) is 0 Å². The second-order valence-corrected chi connectivity index (χ2v) is 9.43. The zero-order valence-electron chi connectivity index (χ0n) is 21.1. The molecule has 0 heterocycles. The molecule has 1 N–H and O–H groups in total. The Kier molecular flexibility index (Phi) is 8.64. The molecule has 0 amide bonds. The maximum atomic E-state index is 13.6. The van der Waals surface area contributed by atoms with Crippen molar-refractivity contribution in [1.29, 1.82) is 0 Å². The van der Waals surface area contributed by atoms with Gasteiger partial charge in [-0.3, -0.25) is 9.69 Å². The van der Waals surface area contributed by atoms with Crippen molar-refractivity contribution >= 4 is 5.97 Å². The Bertz CT molecular complexity index is 1340. The van der Waals surface area contributed by atoms with E-state index >= 15 is 0 Å². The maximum Gasteiger partial charge on any atom is 0.416 e. The number of benzene rings is 4. The van der Waals surface area contributed by atoms with Gasteiger partial charge in [-0.25, -0.2) is 0 Å². The molecule has 0 radical (unpaired) electrons. The molecule has 3 nitrogen and oxygen atoms in total. The van der Waals surface area contributed by atoms with Crippen LogP contribution in [0.15, 0.2) is 109 Å². The lowest BCUT2D eigenvalue weighted by molar-refractivity contribution is -0.139. The molecule has 0 fully saturated rings. The molecule has 0 aliphatic heterocycles. The van der Waals surface area contributed by atoms with Crippen molar-refractivity contribution in [2.75, 3.05) is 0 Å². The Morgan fingerprint density at radius 2 is 1.37 bits per heavy atom. The number of nitrogens with zero attached hydrogens (tertiary/aromatic N) is 1. The number of carboxylic acid groups (broad SMARTS) is 1. The van der Waals surface area contributed by atoms with Gasteiger partial charge in [0.25, 0.3) is 0 Å². The summed E-state index contributed by atoms with van der Waals surface area (Å²) in [6.45, 7) is 2.56. The molecule has 4 aromatic rings. The third-order valence-corrected chi connectivity index (χ3v) is 6.81. The van der Waals surface area contributed by atoms with Crippen LogP contribution in [0.3, 0.4) is 0 Å². The fraction of sp³-hybridized carbons (Fsp3) is 0.219. The zero-order valence-corrected chi connectivity index (χ0v) is 21.1. The minimum atomic E-state index is -4.45. The minimum Gasteiger partial charge on any atom is -0.481 e. The monoisotopic (exact) mass is 517 g/mol. The summed E-state index contributed by atoms with van der Waals surface area (Å²) in [6, 6.07) is 32.0. The molecule has 4 aromatic carbocycles. The van der Waals surface area contributed by atoms with E-state index in [4.69, 9.17) is 0 Å². The Hall–Kier alpha value is -3.90.